The van der Waals surface area contributed by atoms with Crippen molar-refractivity contribution in [1.82, 2.24) is 0 Å². The van der Waals surface area contributed by atoms with Crippen LogP contribution in [0.1, 0.15) is 0 Å². The first-order valence-electron chi connectivity index (χ1n) is 3.21. The Morgan fingerprint density at radius 2 is 1.33 bits per heavy atom. The van der Waals surface area contributed by atoms with Crippen LogP contribution in [0, 0.1) is 10.8 Å². The summed E-state index contributed by atoms with van der Waals surface area (Å²) < 4.78 is 0. The van der Waals surface area contributed by atoms with Crippen molar-refractivity contribution in [3.8, 4) is 0 Å². The second-order valence-electron chi connectivity index (χ2n) is 1.82. The van der Waals surface area contributed by atoms with Crippen molar-refractivity contribution in [2.45, 2.75) is 0 Å². The van der Waals surface area contributed by atoms with Gasteiger partial charge in [-0.1, -0.05) is 35.7 Å². The Labute approximate surface area is 80.2 Å². The summed E-state index contributed by atoms with van der Waals surface area (Å²) in [5, 5.41) is 14.0. The fraction of sp³-hybridized carbons (Fsp3) is 0.333. The Hall–Kier alpha value is -0.620. The van der Waals surface area contributed by atoms with E-state index in [-0.39, 0.29) is 10.3 Å². The third-order valence-corrected chi connectivity index (χ3v) is 2.18. The molecule has 0 heterocycles. The fourth-order valence-corrected chi connectivity index (χ4v) is 1.24. The Balaban J connectivity index is 3.26. The zero-order chi connectivity index (χ0) is 9.40. The standard InChI is InChI=1S/C6H12N4S2/c7-5(8)11-3-1-2-4-12-6(9)10/h1-2H,3-4H2,(H3,7,8)(H3,9,10)/b2-1+. The van der Waals surface area contributed by atoms with Gasteiger partial charge in [0.05, 0.1) is 0 Å². The van der Waals surface area contributed by atoms with Crippen LogP contribution in [0.2, 0.25) is 0 Å². The largest absolute Gasteiger partial charge is 0.379 e. The summed E-state index contributed by atoms with van der Waals surface area (Å²) in [5.41, 5.74) is 10.2. The molecular weight excluding hydrogens is 192 g/mol. The van der Waals surface area contributed by atoms with E-state index in [2.05, 4.69) is 0 Å². The highest BCUT2D eigenvalue weighted by Crippen LogP contribution is 2.01. The molecule has 0 radical (unpaired) electrons. The monoisotopic (exact) mass is 204 g/mol. The average Bonchev–Trinajstić information content (AvgIpc) is 1.95. The van der Waals surface area contributed by atoms with Gasteiger partial charge in [0, 0.05) is 11.5 Å². The molecule has 0 spiro atoms. The van der Waals surface area contributed by atoms with Gasteiger partial charge in [-0.15, -0.1) is 0 Å². The second kappa shape index (κ2) is 7.05. The number of nitrogens with two attached hydrogens (primary N) is 2. The van der Waals surface area contributed by atoms with Gasteiger partial charge in [-0.2, -0.15) is 0 Å². The van der Waals surface area contributed by atoms with Crippen LogP contribution in [-0.2, 0) is 0 Å². The Morgan fingerprint density at radius 1 is 1.00 bits per heavy atom. The number of amidine groups is 2. The predicted molar refractivity (Wildman–Crippen MR) is 57.9 cm³/mol. The van der Waals surface area contributed by atoms with Crippen LogP contribution in [-0.4, -0.2) is 21.8 Å². The lowest BCUT2D eigenvalue weighted by Crippen LogP contribution is -2.04. The molecule has 0 saturated heterocycles. The zero-order valence-corrected chi connectivity index (χ0v) is 8.17. The molecule has 0 aliphatic heterocycles. The Kier molecular flexibility index (Phi) is 6.69. The lowest BCUT2D eigenvalue weighted by molar-refractivity contribution is 1.50. The van der Waals surface area contributed by atoms with Crippen LogP contribution in [0.5, 0.6) is 0 Å². The minimum atomic E-state index is 0.124. The van der Waals surface area contributed by atoms with Gasteiger partial charge < -0.3 is 11.5 Å². The zero-order valence-electron chi connectivity index (χ0n) is 6.54. The third kappa shape index (κ3) is 9.38. The van der Waals surface area contributed by atoms with E-state index in [1.807, 2.05) is 12.2 Å². The van der Waals surface area contributed by atoms with E-state index in [4.69, 9.17) is 22.3 Å². The molecular formula is C6H12N4S2. The van der Waals surface area contributed by atoms with Gasteiger partial charge >= 0.3 is 0 Å². The summed E-state index contributed by atoms with van der Waals surface area (Å²) in [6, 6.07) is 0. The van der Waals surface area contributed by atoms with Crippen LogP contribution < -0.4 is 11.5 Å². The van der Waals surface area contributed by atoms with Crippen LogP contribution in [0.15, 0.2) is 12.2 Å². The molecule has 68 valence electrons. The van der Waals surface area contributed by atoms with E-state index in [9.17, 15) is 0 Å². The van der Waals surface area contributed by atoms with Crippen molar-refractivity contribution >= 4 is 33.9 Å². The first-order valence-corrected chi connectivity index (χ1v) is 5.18. The third-order valence-electron chi connectivity index (χ3n) is 0.837. The number of thioether (sulfide) groups is 2. The molecule has 0 aliphatic carbocycles. The maximum atomic E-state index is 6.89. The first kappa shape index (κ1) is 11.4. The quantitative estimate of drug-likeness (QED) is 0.309. The highest BCUT2D eigenvalue weighted by Gasteiger charge is 1.87. The minimum Gasteiger partial charge on any atom is -0.379 e. The van der Waals surface area contributed by atoms with Crippen LogP contribution >= 0.6 is 23.5 Å². The first-order chi connectivity index (χ1) is 5.63. The van der Waals surface area contributed by atoms with Gasteiger partial charge in [0.1, 0.15) is 0 Å². The van der Waals surface area contributed by atoms with Gasteiger partial charge in [-0.05, 0) is 0 Å². The normalized spacial score (nSPS) is 10.3. The summed E-state index contributed by atoms with van der Waals surface area (Å²) in [5.74, 6) is 1.40. The van der Waals surface area contributed by atoms with Crippen LogP contribution in [0.25, 0.3) is 0 Å². The Bertz CT molecular complexity index is 170. The van der Waals surface area contributed by atoms with E-state index in [0.29, 0.717) is 11.5 Å². The molecule has 0 atom stereocenters. The number of hydrogen-bond acceptors (Lipinski definition) is 4. The summed E-state index contributed by atoms with van der Waals surface area (Å²) in [4.78, 5) is 0. The van der Waals surface area contributed by atoms with Gasteiger partial charge in [0.2, 0.25) is 0 Å². The summed E-state index contributed by atoms with van der Waals surface area (Å²) in [6.07, 6.45) is 3.81. The molecule has 0 aromatic rings. The Morgan fingerprint density at radius 3 is 1.58 bits per heavy atom. The van der Waals surface area contributed by atoms with Crippen molar-refractivity contribution in [3.63, 3.8) is 0 Å². The molecule has 0 fully saturated rings. The SMILES string of the molecule is N=C(N)SC/C=C/CSC(=N)N. The molecule has 0 aromatic carbocycles. The second-order valence-corrected chi connectivity index (χ2v) is 3.95. The van der Waals surface area contributed by atoms with Crippen LogP contribution in [0.4, 0.5) is 0 Å². The molecule has 0 aromatic heterocycles. The summed E-state index contributed by atoms with van der Waals surface area (Å²) in [6.45, 7) is 0. The van der Waals surface area contributed by atoms with Crippen molar-refractivity contribution in [1.29, 1.82) is 10.8 Å². The fourth-order valence-electron chi connectivity index (χ4n) is 0.412. The molecule has 0 saturated carbocycles. The summed E-state index contributed by atoms with van der Waals surface area (Å²) >= 11 is 2.54. The highest BCUT2D eigenvalue weighted by molar-refractivity contribution is 8.14. The molecule has 12 heavy (non-hydrogen) atoms. The van der Waals surface area contributed by atoms with Crippen molar-refractivity contribution in [2.24, 2.45) is 11.5 Å². The van der Waals surface area contributed by atoms with Crippen molar-refractivity contribution in [3.05, 3.63) is 12.2 Å². The maximum Gasteiger partial charge on any atom is 0.151 e. The lowest BCUT2D eigenvalue weighted by Gasteiger charge is -1.92. The number of nitrogens with one attached hydrogen (secondary N) is 2. The van der Waals surface area contributed by atoms with E-state index in [1.165, 1.54) is 23.5 Å². The van der Waals surface area contributed by atoms with Gasteiger partial charge in [-0.3, -0.25) is 10.8 Å². The van der Waals surface area contributed by atoms with E-state index in [0.717, 1.165) is 0 Å². The van der Waals surface area contributed by atoms with Gasteiger partial charge in [-0.25, -0.2) is 0 Å². The molecule has 0 bridgehead atoms. The maximum absolute atomic E-state index is 6.89. The van der Waals surface area contributed by atoms with Gasteiger partial charge in [0.25, 0.3) is 0 Å². The smallest absolute Gasteiger partial charge is 0.151 e. The van der Waals surface area contributed by atoms with Gasteiger partial charge in [0.15, 0.2) is 10.3 Å². The predicted octanol–water partition coefficient (Wildman–Crippen LogP) is 0.796. The number of hydrogen-bond donors (Lipinski definition) is 4. The van der Waals surface area contributed by atoms with E-state index in [1.54, 1.807) is 0 Å². The molecule has 6 heteroatoms. The average molecular weight is 204 g/mol. The molecule has 0 aliphatic rings. The van der Waals surface area contributed by atoms with Crippen molar-refractivity contribution < 1.29 is 0 Å². The van der Waals surface area contributed by atoms with Crippen molar-refractivity contribution in [2.75, 3.05) is 11.5 Å². The van der Waals surface area contributed by atoms with E-state index < -0.39 is 0 Å². The molecule has 0 rings (SSSR count). The number of rotatable bonds is 4. The lowest BCUT2D eigenvalue weighted by atomic mass is 10.6. The van der Waals surface area contributed by atoms with Crippen LogP contribution in [0.3, 0.4) is 0 Å². The molecule has 4 nitrogen and oxygen atoms in total. The summed E-state index contributed by atoms with van der Waals surface area (Å²) in [7, 11) is 0. The van der Waals surface area contributed by atoms with E-state index >= 15 is 0 Å². The minimum absolute atomic E-state index is 0.124. The molecule has 6 N–H and O–H groups in total. The molecule has 0 unspecified atom stereocenters. The highest BCUT2D eigenvalue weighted by atomic mass is 32.2. The topological polar surface area (TPSA) is 99.7 Å². The molecule has 0 amide bonds.